The third-order valence-corrected chi connectivity index (χ3v) is 5.37. The summed E-state index contributed by atoms with van der Waals surface area (Å²) in [7, 11) is -3.56. The Labute approximate surface area is 120 Å². The number of aliphatic hydroxyl groups excluding tert-OH is 1. The van der Waals surface area contributed by atoms with Crippen molar-refractivity contribution in [2.75, 3.05) is 0 Å². The summed E-state index contributed by atoms with van der Waals surface area (Å²) in [4.78, 5) is 0.525. The minimum atomic E-state index is -3.56. The molecule has 20 heavy (non-hydrogen) atoms. The van der Waals surface area contributed by atoms with Crippen LogP contribution in [-0.2, 0) is 14.6 Å². The Kier molecular flexibility index (Phi) is 4.32. The molecular formula is C15H20O4S. The van der Waals surface area contributed by atoms with Crippen LogP contribution in [0.1, 0.15) is 25.8 Å². The van der Waals surface area contributed by atoms with Crippen molar-refractivity contribution in [3.05, 3.63) is 40.8 Å². The van der Waals surface area contributed by atoms with Crippen molar-refractivity contribution in [2.45, 2.75) is 50.4 Å². The third-order valence-electron chi connectivity index (χ3n) is 3.46. The highest BCUT2D eigenvalue weighted by Gasteiger charge is 2.36. The molecule has 0 radical (unpaired) electrons. The van der Waals surface area contributed by atoms with Gasteiger partial charge in [0.25, 0.3) is 0 Å². The Morgan fingerprint density at radius 3 is 2.40 bits per heavy atom. The van der Waals surface area contributed by atoms with Gasteiger partial charge >= 0.3 is 0 Å². The number of ether oxygens (including phenoxy) is 1. The topological polar surface area (TPSA) is 63.6 Å². The minimum absolute atomic E-state index is 0.259. The predicted molar refractivity (Wildman–Crippen MR) is 77.1 cm³/mol. The van der Waals surface area contributed by atoms with Gasteiger partial charge in [-0.25, -0.2) is 8.42 Å². The highest BCUT2D eigenvalue weighted by Crippen LogP contribution is 2.32. The molecule has 4 nitrogen and oxygen atoms in total. The molecule has 110 valence electrons. The van der Waals surface area contributed by atoms with Gasteiger partial charge in [-0.3, -0.25) is 0 Å². The Hall–Kier alpha value is -1.17. The van der Waals surface area contributed by atoms with Crippen LogP contribution in [-0.4, -0.2) is 31.8 Å². The van der Waals surface area contributed by atoms with E-state index in [0.29, 0.717) is 6.42 Å². The van der Waals surface area contributed by atoms with E-state index in [0.717, 1.165) is 5.56 Å². The zero-order chi connectivity index (χ0) is 14.9. The molecular weight excluding hydrogens is 276 g/mol. The molecule has 1 aromatic rings. The molecule has 0 unspecified atom stereocenters. The second kappa shape index (κ2) is 5.68. The molecule has 0 aromatic heterocycles. The van der Waals surface area contributed by atoms with E-state index in [2.05, 4.69) is 0 Å². The van der Waals surface area contributed by atoms with Crippen molar-refractivity contribution < 1.29 is 18.3 Å². The Bertz CT molecular complexity index is 599. The van der Waals surface area contributed by atoms with Crippen molar-refractivity contribution in [2.24, 2.45) is 0 Å². The summed E-state index contributed by atoms with van der Waals surface area (Å²) in [6, 6.07) is 6.76. The summed E-state index contributed by atoms with van der Waals surface area (Å²) >= 11 is 0. The molecule has 0 amide bonds. The van der Waals surface area contributed by atoms with Crippen molar-refractivity contribution in [1.82, 2.24) is 0 Å². The monoisotopic (exact) mass is 296 g/mol. The van der Waals surface area contributed by atoms with Crippen LogP contribution in [0.5, 0.6) is 0 Å². The quantitative estimate of drug-likeness (QED) is 0.925. The number of aryl methyl sites for hydroxylation is 1. The summed E-state index contributed by atoms with van der Waals surface area (Å²) in [5, 5.41) is 9.59. The fourth-order valence-corrected chi connectivity index (χ4v) is 3.88. The molecule has 3 atom stereocenters. The van der Waals surface area contributed by atoms with Crippen LogP contribution in [0.4, 0.5) is 0 Å². The van der Waals surface area contributed by atoms with Crippen molar-refractivity contribution in [3.63, 3.8) is 0 Å². The SMILES string of the molecule is CC[C@@H]1O[C@@H]([C@H](C)O)C=C1S(=O)(=O)c1ccc(C)cc1. The van der Waals surface area contributed by atoms with Crippen LogP contribution < -0.4 is 0 Å². The largest absolute Gasteiger partial charge is 0.390 e. The van der Waals surface area contributed by atoms with Crippen LogP contribution in [0.3, 0.4) is 0 Å². The third kappa shape index (κ3) is 2.80. The molecule has 1 aromatic carbocycles. The lowest BCUT2D eigenvalue weighted by Gasteiger charge is -2.16. The minimum Gasteiger partial charge on any atom is -0.390 e. The highest BCUT2D eigenvalue weighted by atomic mass is 32.2. The summed E-state index contributed by atoms with van der Waals surface area (Å²) in [6.45, 7) is 5.37. The molecule has 0 spiro atoms. The lowest BCUT2D eigenvalue weighted by molar-refractivity contribution is -0.0148. The molecule has 0 saturated heterocycles. The lowest BCUT2D eigenvalue weighted by atomic mass is 10.2. The summed E-state index contributed by atoms with van der Waals surface area (Å²) in [5.41, 5.74) is 1.01. The molecule has 0 bridgehead atoms. The lowest BCUT2D eigenvalue weighted by Crippen LogP contribution is -2.24. The number of benzene rings is 1. The van der Waals surface area contributed by atoms with Crippen molar-refractivity contribution >= 4 is 9.84 Å². The first kappa shape index (κ1) is 15.2. The van der Waals surface area contributed by atoms with Crippen molar-refractivity contribution in [1.29, 1.82) is 0 Å². The molecule has 1 N–H and O–H groups in total. The van der Waals surface area contributed by atoms with Crippen LogP contribution in [0.25, 0.3) is 0 Å². The van der Waals surface area contributed by atoms with Crippen LogP contribution >= 0.6 is 0 Å². The second-order valence-electron chi connectivity index (χ2n) is 5.12. The number of sulfone groups is 1. The number of hydrogen-bond donors (Lipinski definition) is 1. The predicted octanol–water partition coefficient (Wildman–Crippen LogP) is 2.21. The number of rotatable bonds is 4. The Morgan fingerprint density at radius 2 is 1.90 bits per heavy atom. The van der Waals surface area contributed by atoms with Gasteiger partial charge in [-0.1, -0.05) is 24.6 Å². The average molecular weight is 296 g/mol. The first-order valence-corrected chi connectivity index (χ1v) is 8.21. The van der Waals surface area contributed by atoms with Crippen LogP contribution in [0.15, 0.2) is 40.1 Å². The van der Waals surface area contributed by atoms with Gasteiger partial charge in [0.2, 0.25) is 9.84 Å². The molecule has 0 saturated carbocycles. The van der Waals surface area contributed by atoms with Crippen LogP contribution in [0.2, 0.25) is 0 Å². The van der Waals surface area contributed by atoms with E-state index >= 15 is 0 Å². The van der Waals surface area contributed by atoms with Gasteiger partial charge < -0.3 is 9.84 Å². The maximum absolute atomic E-state index is 12.7. The van der Waals surface area contributed by atoms with E-state index in [9.17, 15) is 13.5 Å². The molecule has 0 aliphatic carbocycles. The Balaban J connectivity index is 2.42. The molecule has 1 aliphatic heterocycles. The van der Waals surface area contributed by atoms with E-state index < -0.39 is 28.1 Å². The normalized spacial score (nSPS) is 24.5. The van der Waals surface area contributed by atoms with Gasteiger partial charge in [0.15, 0.2) is 0 Å². The number of hydrogen-bond acceptors (Lipinski definition) is 4. The van der Waals surface area contributed by atoms with Crippen molar-refractivity contribution in [3.8, 4) is 0 Å². The zero-order valence-corrected chi connectivity index (χ0v) is 12.7. The highest BCUT2D eigenvalue weighted by molar-refractivity contribution is 7.95. The maximum atomic E-state index is 12.7. The van der Waals surface area contributed by atoms with E-state index in [4.69, 9.17) is 4.74 Å². The standard InChI is InChI=1S/C15H20O4S/c1-4-13-15(9-14(19-13)11(3)16)20(17,18)12-7-5-10(2)6-8-12/h5-9,11,13-14,16H,4H2,1-3H3/t11-,13-,14+/m0/s1. The molecule has 1 aliphatic rings. The van der Waals surface area contributed by atoms with Gasteiger partial charge in [0.05, 0.1) is 22.0 Å². The molecule has 5 heteroatoms. The van der Waals surface area contributed by atoms with Gasteiger partial charge in [-0.05, 0) is 38.5 Å². The molecule has 1 heterocycles. The summed E-state index contributed by atoms with van der Waals surface area (Å²) in [5.74, 6) is 0. The van der Waals surface area contributed by atoms with E-state index in [-0.39, 0.29) is 9.80 Å². The van der Waals surface area contributed by atoms with Gasteiger partial charge in [0.1, 0.15) is 6.10 Å². The molecule has 0 fully saturated rings. The van der Waals surface area contributed by atoms with E-state index in [1.54, 1.807) is 31.2 Å². The first-order chi connectivity index (χ1) is 9.36. The smallest absolute Gasteiger partial charge is 0.205 e. The van der Waals surface area contributed by atoms with Crippen LogP contribution in [0, 0.1) is 6.92 Å². The fraction of sp³-hybridized carbons (Fsp3) is 0.467. The number of aliphatic hydroxyl groups is 1. The maximum Gasteiger partial charge on any atom is 0.205 e. The first-order valence-electron chi connectivity index (χ1n) is 6.73. The summed E-state index contributed by atoms with van der Waals surface area (Å²) in [6.07, 6.45) is 0.319. The summed E-state index contributed by atoms with van der Waals surface area (Å²) < 4.78 is 30.9. The Morgan fingerprint density at radius 1 is 1.30 bits per heavy atom. The molecule has 2 rings (SSSR count). The van der Waals surface area contributed by atoms with E-state index in [1.165, 1.54) is 6.08 Å². The fourth-order valence-electron chi connectivity index (χ4n) is 2.23. The zero-order valence-electron chi connectivity index (χ0n) is 11.9. The van der Waals surface area contributed by atoms with Gasteiger partial charge in [-0.15, -0.1) is 0 Å². The van der Waals surface area contributed by atoms with Gasteiger partial charge in [0, 0.05) is 0 Å². The average Bonchev–Trinajstić information content (AvgIpc) is 2.84. The second-order valence-corrected chi connectivity index (χ2v) is 7.07. The van der Waals surface area contributed by atoms with Gasteiger partial charge in [-0.2, -0.15) is 0 Å². The van der Waals surface area contributed by atoms with E-state index in [1.807, 2.05) is 13.8 Å².